The number of hydrogen-bond acceptors (Lipinski definition) is 2. The van der Waals surface area contributed by atoms with Gasteiger partial charge in [0.15, 0.2) is 0 Å². The second-order valence-corrected chi connectivity index (χ2v) is 3.68. The molecule has 1 fully saturated rings. The Bertz CT molecular complexity index is 371. The summed E-state index contributed by atoms with van der Waals surface area (Å²) in [6.45, 7) is 0.771. The molecule has 0 bridgehead atoms. The lowest BCUT2D eigenvalue weighted by Gasteiger charge is -2.12. The van der Waals surface area contributed by atoms with Crippen molar-refractivity contribution in [2.24, 2.45) is 0 Å². The Morgan fingerprint density at radius 3 is 3.00 bits per heavy atom. The lowest BCUT2D eigenvalue weighted by Crippen LogP contribution is -2.26. The van der Waals surface area contributed by atoms with Crippen LogP contribution in [0.4, 0.5) is 0 Å². The molecule has 0 atom stereocenters. The van der Waals surface area contributed by atoms with Crippen LogP contribution in [0.2, 0.25) is 0 Å². The summed E-state index contributed by atoms with van der Waals surface area (Å²) < 4.78 is 0. The summed E-state index contributed by atoms with van der Waals surface area (Å²) in [4.78, 5) is 17.8. The minimum Gasteiger partial charge on any atom is -0.330 e. The maximum atomic E-state index is 11.7. The molecule has 3 heteroatoms. The number of amides is 1. The average molecular weight is 174 g/mol. The smallest absolute Gasteiger partial charge is 0.273 e. The molecule has 0 unspecified atom stereocenters. The molecule has 0 radical (unpaired) electrons. The summed E-state index contributed by atoms with van der Waals surface area (Å²) in [6, 6.07) is 4.38. The molecule has 0 N–H and O–H groups in total. The number of carbonyl (C=O) groups excluding carboxylic acids is 1. The molecule has 3 nitrogen and oxygen atoms in total. The van der Waals surface area contributed by atoms with Crippen molar-refractivity contribution >= 4 is 5.91 Å². The highest BCUT2D eigenvalue weighted by molar-refractivity contribution is 5.96. The van der Waals surface area contributed by atoms with Crippen LogP contribution in [0.3, 0.4) is 0 Å². The van der Waals surface area contributed by atoms with E-state index in [1.54, 1.807) is 6.20 Å². The van der Waals surface area contributed by atoms with Gasteiger partial charge in [0, 0.05) is 24.3 Å². The van der Waals surface area contributed by atoms with Gasteiger partial charge in [-0.2, -0.15) is 0 Å². The topological polar surface area (TPSA) is 33.2 Å². The highest BCUT2D eigenvalue weighted by Gasteiger charge is 2.38. The SMILES string of the molecule is O=C1c2ncccc2CN1C1CC1. The van der Waals surface area contributed by atoms with Crippen LogP contribution in [0.15, 0.2) is 18.3 Å². The third-order valence-corrected chi connectivity index (χ3v) is 2.68. The lowest BCUT2D eigenvalue weighted by atomic mass is 10.2. The Balaban J connectivity index is 2.01. The first-order valence-electron chi connectivity index (χ1n) is 4.61. The van der Waals surface area contributed by atoms with Crippen LogP contribution in [0, 0.1) is 0 Å². The summed E-state index contributed by atoms with van der Waals surface area (Å²) in [5.41, 5.74) is 1.74. The third-order valence-electron chi connectivity index (χ3n) is 2.68. The first kappa shape index (κ1) is 7.06. The average Bonchev–Trinajstić information content (AvgIpc) is 2.94. The van der Waals surface area contributed by atoms with E-state index in [0.717, 1.165) is 12.1 Å². The number of nitrogens with zero attached hydrogens (tertiary/aromatic N) is 2. The van der Waals surface area contributed by atoms with Crippen LogP contribution in [0.25, 0.3) is 0 Å². The van der Waals surface area contributed by atoms with Gasteiger partial charge in [-0.05, 0) is 18.9 Å². The van der Waals surface area contributed by atoms with E-state index in [0.29, 0.717) is 11.7 Å². The van der Waals surface area contributed by atoms with Crippen molar-refractivity contribution in [2.75, 3.05) is 0 Å². The zero-order valence-corrected chi connectivity index (χ0v) is 7.23. The third kappa shape index (κ3) is 0.963. The van der Waals surface area contributed by atoms with Crippen LogP contribution in [0.1, 0.15) is 28.9 Å². The molecule has 2 heterocycles. The van der Waals surface area contributed by atoms with Crippen molar-refractivity contribution in [3.63, 3.8) is 0 Å². The first-order chi connectivity index (χ1) is 6.36. The molecule has 1 aromatic rings. The monoisotopic (exact) mass is 174 g/mol. The van der Waals surface area contributed by atoms with Crippen LogP contribution < -0.4 is 0 Å². The van der Waals surface area contributed by atoms with E-state index in [9.17, 15) is 4.79 Å². The zero-order valence-electron chi connectivity index (χ0n) is 7.23. The number of pyridine rings is 1. The fourth-order valence-electron chi connectivity index (χ4n) is 1.83. The van der Waals surface area contributed by atoms with E-state index < -0.39 is 0 Å². The van der Waals surface area contributed by atoms with Crippen molar-refractivity contribution < 1.29 is 4.79 Å². The van der Waals surface area contributed by atoms with Gasteiger partial charge in [0.25, 0.3) is 5.91 Å². The predicted molar refractivity (Wildman–Crippen MR) is 47.1 cm³/mol. The number of fused-ring (bicyclic) bond motifs is 1. The molecule has 1 aromatic heterocycles. The van der Waals surface area contributed by atoms with E-state index in [1.807, 2.05) is 17.0 Å². The van der Waals surface area contributed by atoms with E-state index >= 15 is 0 Å². The lowest BCUT2D eigenvalue weighted by molar-refractivity contribution is 0.0762. The molecule has 3 rings (SSSR count). The van der Waals surface area contributed by atoms with Crippen molar-refractivity contribution in [1.29, 1.82) is 0 Å². The molecule has 1 aliphatic heterocycles. The number of carbonyl (C=O) groups is 1. The second-order valence-electron chi connectivity index (χ2n) is 3.68. The summed E-state index contributed by atoms with van der Waals surface area (Å²) in [7, 11) is 0. The largest absolute Gasteiger partial charge is 0.330 e. The summed E-state index contributed by atoms with van der Waals surface area (Å²) >= 11 is 0. The molecule has 0 spiro atoms. The quantitative estimate of drug-likeness (QED) is 0.641. The van der Waals surface area contributed by atoms with Gasteiger partial charge in [-0.3, -0.25) is 9.78 Å². The highest BCUT2D eigenvalue weighted by Crippen LogP contribution is 2.33. The van der Waals surface area contributed by atoms with Gasteiger partial charge >= 0.3 is 0 Å². The van der Waals surface area contributed by atoms with Crippen LogP contribution in [-0.4, -0.2) is 21.8 Å². The standard InChI is InChI=1S/C10H10N2O/c13-10-9-7(2-1-5-11-9)6-12(10)8-3-4-8/h1-2,5,8H,3-4,6H2. The summed E-state index contributed by atoms with van der Waals surface area (Å²) in [6.07, 6.45) is 4.02. The fraction of sp³-hybridized carbons (Fsp3) is 0.400. The Morgan fingerprint density at radius 1 is 1.46 bits per heavy atom. The van der Waals surface area contributed by atoms with Crippen molar-refractivity contribution in [3.05, 3.63) is 29.6 Å². The maximum Gasteiger partial charge on any atom is 0.273 e. The minimum absolute atomic E-state index is 0.123. The van der Waals surface area contributed by atoms with Gasteiger partial charge in [0.2, 0.25) is 0 Å². The van der Waals surface area contributed by atoms with Gasteiger partial charge < -0.3 is 4.90 Å². The second kappa shape index (κ2) is 2.31. The van der Waals surface area contributed by atoms with Crippen molar-refractivity contribution in [3.8, 4) is 0 Å². The van der Waals surface area contributed by atoms with E-state index in [-0.39, 0.29) is 5.91 Å². The number of hydrogen-bond donors (Lipinski definition) is 0. The Hall–Kier alpha value is -1.38. The Kier molecular flexibility index (Phi) is 1.26. The molecule has 13 heavy (non-hydrogen) atoms. The van der Waals surface area contributed by atoms with Crippen molar-refractivity contribution in [2.45, 2.75) is 25.4 Å². The van der Waals surface area contributed by atoms with E-state index in [1.165, 1.54) is 12.8 Å². The summed E-state index contributed by atoms with van der Waals surface area (Å²) in [5.74, 6) is 0.123. The molecular weight excluding hydrogens is 164 g/mol. The van der Waals surface area contributed by atoms with Crippen LogP contribution in [-0.2, 0) is 6.54 Å². The molecular formula is C10H10N2O. The summed E-state index contributed by atoms with van der Waals surface area (Å²) in [5, 5.41) is 0. The minimum atomic E-state index is 0.123. The molecule has 0 aromatic carbocycles. The van der Waals surface area contributed by atoms with Gasteiger partial charge in [0.05, 0.1) is 0 Å². The normalized spacial score (nSPS) is 20.6. The van der Waals surface area contributed by atoms with Gasteiger partial charge in [0.1, 0.15) is 5.69 Å². The van der Waals surface area contributed by atoms with Gasteiger partial charge in [-0.1, -0.05) is 6.07 Å². The van der Waals surface area contributed by atoms with Crippen molar-refractivity contribution in [1.82, 2.24) is 9.88 Å². The molecule has 2 aliphatic rings. The molecule has 1 aliphatic carbocycles. The maximum absolute atomic E-state index is 11.7. The van der Waals surface area contributed by atoms with Gasteiger partial charge in [-0.25, -0.2) is 0 Å². The Morgan fingerprint density at radius 2 is 2.31 bits per heavy atom. The van der Waals surface area contributed by atoms with Gasteiger partial charge in [-0.15, -0.1) is 0 Å². The predicted octanol–water partition coefficient (Wildman–Crippen LogP) is 1.20. The van der Waals surface area contributed by atoms with Crippen LogP contribution in [0.5, 0.6) is 0 Å². The van der Waals surface area contributed by atoms with E-state index in [2.05, 4.69) is 4.98 Å². The van der Waals surface area contributed by atoms with E-state index in [4.69, 9.17) is 0 Å². The Labute approximate surface area is 76.4 Å². The number of rotatable bonds is 1. The zero-order chi connectivity index (χ0) is 8.84. The van der Waals surface area contributed by atoms with Crippen LogP contribution >= 0.6 is 0 Å². The molecule has 0 saturated heterocycles. The molecule has 1 amide bonds. The molecule has 66 valence electrons. The fourth-order valence-corrected chi connectivity index (χ4v) is 1.83. The molecule has 1 saturated carbocycles. The highest BCUT2D eigenvalue weighted by atomic mass is 16.2. The first-order valence-corrected chi connectivity index (χ1v) is 4.61. The number of aromatic nitrogens is 1.